The summed E-state index contributed by atoms with van der Waals surface area (Å²) in [5.41, 5.74) is 2.49. The molecule has 0 atom stereocenters. The molecule has 2 rings (SSSR count). The van der Waals surface area contributed by atoms with Gasteiger partial charge in [0, 0.05) is 16.0 Å². The van der Waals surface area contributed by atoms with Crippen LogP contribution in [0, 0.1) is 5.92 Å². The third-order valence-electron chi connectivity index (χ3n) is 3.42. The Morgan fingerprint density at radius 3 is 1.60 bits per heavy atom. The van der Waals surface area contributed by atoms with Crippen LogP contribution in [0.1, 0.15) is 43.7 Å². The van der Waals surface area contributed by atoms with Crippen LogP contribution < -0.4 is 0 Å². The van der Waals surface area contributed by atoms with Gasteiger partial charge in [-0.2, -0.15) is 0 Å². The minimum atomic E-state index is 0.776. The van der Waals surface area contributed by atoms with E-state index >= 15 is 0 Å². The van der Waals surface area contributed by atoms with Gasteiger partial charge in [-0.15, -0.1) is 0 Å². The maximum absolute atomic E-state index is 5.98. The molecule has 0 amide bonds. The highest BCUT2D eigenvalue weighted by atomic mass is 35.5. The molecular formula is C18H19Cl2. The molecule has 20 heavy (non-hydrogen) atoms. The normalized spacial score (nSPS) is 11.0. The Morgan fingerprint density at radius 2 is 1.20 bits per heavy atom. The number of halogens is 2. The molecule has 0 aliphatic heterocycles. The van der Waals surface area contributed by atoms with Gasteiger partial charge in [0.1, 0.15) is 0 Å². The summed E-state index contributed by atoms with van der Waals surface area (Å²) in [6, 6.07) is 16.2. The zero-order valence-corrected chi connectivity index (χ0v) is 13.2. The van der Waals surface area contributed by atoms with Crippen molar-refractivity contribution in [2.45, 2.75) is 32.6 Å². The predicted octanol–water partition coefficient (Wildman–Crippen LogP) is 6.54. The fourth-order valence-electron chi connectivity index (χ4n) is 2.31. The van der Waals surface area contributed by atoms with Gasteiger partial charge in [0.2, 0.25) is 0 Å². The number of unbranched alkanes of at least 4 members (excludes halogenated alkanes) is 2. The molecule has 0 aromatic heterocycles. The first-order valence-electron chi connectivity index (χ1n) is 7.08. The Balaban J connectivity index is 2.23. The van der Waals surface area contributed by atoms with E-state index in [1.165, 1.54) is 36.3 Å². The maximum atomic E-state index is 5.98. The average Bonchev–Trinajstić information content (AvgIpc) is 2.46. The smallest absolute Gasteiger partial charge is 0.0406 e. The molecule has 0 bridgehead atoms. The van der Waals surface area contributed by atoms with E-state index in [9.17, 15) is 0 Å². The van der Waals surface area contributed by atoms with E-state index in [1.807, 2.05) is 24.3 Å². The standard InChI is InChI=1S/C18H19Cl2/c1-2-3-4-5-18(14-6-10-16(19)11-7-14)15-8-12-17(20)13-9-15/h6-13H,2-5H2,1H3. The summed E-state index contributed by atoms with van der Waals surface area (Å²) in [6.45, 7) is 2.23. The minimum absolute atomic E-state index is 0.776. The third kappa shape index (κ3) is 4.26. The molecule has 0 aliphatic carbocycles. The van der Waals surface area contributed by atoms with E-state index in [-0.39, 0.29) is 0 Å². The van der Waals surface area contributed by atoms with Gasteiger partial charge in [0.25, 0.3) is 0 Å². The van der Waals surface area contributed by atoms with Crippen molar-refractivity contribution in [1.29, 1.82) is 0 Å². The maximum Gasteiger partial charge on any atom is 0.0406 e. The van der Waals surface area contributed by atoms with Gasteiger partial charge in [-0.05, 0) is 41.8 Å². The summed E-state index contributed by atoms with van der Waals surface area (Å²) in [5.74, 6) is 1.37. The number of rotatable bonds is 6. The summed E-state index contributed by atoms with van der Waals surface area (Å²) in [4.78, 5) is 0. The predicted molar refractivity (Wildman–Crippen MR) is 88.5 cm³/mol. The molecule has 0 saturated carbocycles. The zero-order chi connectivity index (χ0) is 14.4. The lowest BCUT2D eigenvalue weighted by molar-refractivity contribution is 0.693. The quantitative estimate of drug-likeness (QED) is 0.531. The highest BCUT2D eigenvalue weighted by Gasteiger charge is 2.14. The molecule has 0 fully saturated rings. The molecule has 0 nitrogen and oxygen atoms in total. The summed E-state index contributed by atoms with van der Waals surface area (Å²) < 4.78 is 0. The SMILES string of the molecule is CCCCC[C](c1ccc(Cl)cc1)c1ccc(Cl)cc1. The van der Waals surface area contributed by atoms with E-state index in [2.05, 4.69) is 31.2 Å². The first kappa shape index (κ1) is 15.4. The van der Waals surface area contributed by atoms with Crippen molar-refractivity contribution in [3.05, 3.63) is 75.6 Å². The van der Waals surface area contributed by atoms with Crippen molar-refractivity contribution in [2.75, 3.05) is 0 Å². The van der Waals surface area contributed by atoms with Gasteiger partial charge in [-0.3, -0.25) is 0 Å². The minimum Gasteiger partial charge on any atom is -0.0843 e. The fraction of sp³-hybridized carbons (Fsp3) is 0.278. The molecule has 0 unspecified atom stereocenters. The molecule has 2 aromatic rings. The molecule has 2 aromatic carbocycles. The molecule has 105 valence electrons. The van der Waals surface area contributed by atoms with Crippen molar-refractivity contribution in [3.8, 4) is 0 Å². The van der Waals surface area contributed by atoms with Crippen molar-refractivity contribution >= 4 is 23.2 Å². The summed E-state index contributed by atoms with van der Waals surface area (Å²) >= 11 is 12.0. The number of hydrogen-bond acceptors (Lipinski definition) is 0. The molecule has 1 radical (unpaired) electrons. The molecular weight excluding hydrogens is 287 g/mol. The summed E-state index contributed by atoms with van der Waals surface area (Å²) in [7, 11) is 0. The lowest BCUT2D eigenvalue weighted by Gasteiger charge is -2.17. The average molecular weight is 306 g/mol. The number of benzene rings is 2. The lowest BCUT2D eigenvalue weighted by Crippen LogP contribution is -2.02. The largest absolute Gasteiger partial charge is 0.0843 e. The van der Waals surface area contributed by atoms with Crippen LogP contribution in [0.3, 0.4) is 0 Å². The molecule has 0 saturated heterocycles. The molecule has 0 spiro atoms. The number of hydrogen-bond donors (Lipinski definition) is 0. The Morgan fingerprint density at radius 1 is 0.750 bits per heavy atom. The van der Waals surface area contributed by atoms with E-state index in [1.54, 1.807) is 0 Å². The second kappa shape index (κ2) is 7.71. The second-order valence-electron chi connectivity index (χ2n) is 4.95. The third-order valence-corrected chi connectivity index (χ3v) is 3.92. The van der Waals surface area contributed by atoms with Crippen LogP contribution >= 0.6 is 23.2 Å². The van der Waals surface area contributed by atoms with E-state index in [4.69, 9.17) is 23.2 Å². The highest BCUT2D eigenvalue weighted by Crippen LogP contribution is 2.30. The van der Waals surface area contributed by atoms with Crippen LogP contribution in [0.5, 0.6) is 0 Å². The Kier molecular flexibility index (Phi) is 5.94. The van der Waals surface area contributed by atoms with E-state index in [0.717, 1.165) is 16.5 Å². The van der Waals surface area contributed by atoms with Gasteiger partial charge in [0.05, 0.1) is 0 Å². The van der Waals surface area contributed by atoms with Crippen LogP contribution in [0.4, 0.5) is 0 Å². The van der Waals surface area contributed by atoms with Crippen molar-refractivity contribution in [3.63, 3.8) is 0 Å². The monoisotopic (exact) mass is 305 g/mol. The van der Waals surface area contributed by atoms with Crippen molar-refractivity contribution in [1.82, 2.24) is 0 Å². The molecule has 0 N–H and O–H groups in total. The highest BCUT2D eigenvalue weighted by molar-refractivity contribution is 6.30. The fourth-order valence-corrected chi connectivity index (χ4v) is 2.56. The van der Waals surface area contributed by atoms with E-state index < -0.39 is 0 Å². The Bertz CT molecular complexity index is 469. The summed E-state index contributed by atoms with van der Waals surface area (Å²) in [5, 5.41) is 1.55. The van der Waals surface area contributed by atoms with Gasteiger partial charge in [-0.1, -0.05) is 73.7 Å². The van der Waals surface area contributed by atoms with Crippen LogP contribution in [0.25, 0.3) is 0 Å². The Hall–Kier alpha value is -0.980. The van der Waals surface area contributed by atoms with Crippen LogP contribution in [-0.4, -0.2) is 0 Å². The van der Waals surface area contributed by atoms with E-state index in [0.29, 0.717) is 0 Å². The van der Waals surface area contributed by atoms with Crippen LogP contribution in [-0.2, 0) is 0 Å². The van der Waals surface area contributed by atoms with Crippen LogP contribution in [0.15, 0.2) is 48.5 Å². The second-order valence-corrected chi connectivity index (χ2v) is 5.82. The van der Waals surface area contributed by atoms with Crippen molar-refractivity contribution in [2.24, 2.45) is 0 Å². The lowest BCUT2D eigenvalue weighted by atomic mass is 9.87. The molecule has 2 heteroatoms. The van der Waals surface area contributed by atoms with Gasteiger partial charge >= 0.3 is 0 Å². The summed E-state index contributed by atoms with van der Waals surface area (Å²) in [6.07, 6.45) is 4.77. The van der Waals surface area contributed by atoms with Gasteiger partial charge < -0.3 is 0 Å². The zero-order valence-electron chi connectivity index (χ0n) is 11.7. The first-order chi connectivity index (χ1) is 9.70. The Labute approximate surface area is 131 Å². The first-order valence-corrected chi connectivity index (χ1v) is 7.84. The van der Waals surface area contributed by atoms with Crippen molar-refractivity contribution < 1.29 is 0 Å². The molecule has 0 heterocycles. The van der Waals surface area contributed by atoms with Crippen LogP contribution in [0.2, 0.25) is 10.0 Å². The van der Waals surface area contributed by atoms with Gasteiger partial charge in [0.15, 0.2) is 0 Å². The van der Waals surface area contributed by atoms with Gasteiger partial charge in [-0.25, -0.2) is 0 Å². The molecule has 0 aliphatic rings. The topological polar surface area (TPSA) is 0 Å².